The Morgan fingerprint density at radius 1 is 0.844 bits per heavy atom. The van der Waals surface area contributed by atoms with Crippen LogP contribution in [0.4, 0.5) is 20.2 Å². The maximum Gasteiger partial charge on any atom is 0.157 e. The third kappa shape index (κ3) is 7.64. The molecule has 0 aliphatic rings. The van der Waals surface area contributed by atoms with Crippen LogP contribution in [0.1, 0.15) is 49.9 Å². The molecule has 8 heteroatoms. The van der Waals surface area contributed by atoms with Gasteiger partial charge in [-0.15, -0.1) is 6.58 Å². The van der Waals surface area contributed by atoms with E-state index < -0.39 is 11.6 Å². The molecule has 0 atom stereocenters. The molecule has 0 saturated carbocycles. The van der Waals surface area contributed by atoms with Crippen molar-refractivity contribution in [1.82, 2.24) is 0 Å². The van der Waals surface area contributed by atoms with E-state index in [2.05, 4.69) is 51.6 Å². The lowest BCUT2D eigenvalue weighted by Gasteiger charge is -2.13. The highest BCUT2D eigenvalue weighted by atomic mass is 79.9. The zero-order valence-electron chi connectivity index (χ0n) is 18.3. The van der Waals surface area contributed by atoms with Gasteiger partial charge in [-0.05, 0) is 82.8 Å². The van der Waals surface area contributed by atoms with Gasteiger partial charge in [-0.1, -0.05) is 18.7 Å². The van der Waals surface area contributed by atoms with E-state index in [0.717, 1.165) is 0 Å². The number of rotatable bonds is 2. The van der Waals surface area contributed by atoms with Crippen LogP contribution < -0.4 is 11.5 Å². The van der Waals surface area contributed by atoms with Gasteiger partial charge in [-0.25, -0.2) is 8.78 Å². The van der Waals surface area contributed by atoms with Gasteiger partial charge in [0.1, 0.15) is 12.1 Å². The Morgan fingerprint density at radius 3 is 1.66 bits per heavy atom. The fourth-order valence-corrected chi connectivity index (χ4v) is 3.34. The second-order valence-corrected chi connectivity index (χ2v) is 8.66. The smallest absolute Gasteiger partial charge is 0.157 e. The van der Waals surface area contributed by atoms with E-state index in [4.69, 9.17) is 22.0 Å². The molecule has 4 N–H and O–H groups in total. The van der Waals surface area contributed by atoms with Gasteiger partial charge in [-0.2, -0.15) is 10.5 Å². The summed E-state index contributed by atoms with van der Waals surface area (Å²) in [6.07, 6.45) is 0. The predicted molar refractivity (Wildman–Crippen MR) is 136 cm³/mol. The van der Waals surface area contributed by atoms with Crippen molar-refractivity contribution < 1.29 is 8.78 Å². The molecule has 0 aliphatic heterocycles. The summed E-state index contributed by atoms with van der Waals surface area (Å²) >= 11 is 6.04. The van der Waals surface area contributed by atoms with E-state index in [9.17, 15) is 8.78 Å². The maximum absolute atomic E-state index is 13.8. The summed E-state index contributed by atoms with van der Waals surface area (Å²) in [5, 5.41) is 17.3. The largest absolute Gasteiger partial charge is 0.398 e. The van der Waals surface area contributed by atoms with Crippen molar-refractivity contribution in [2.24, 2.45) is 0 Å². The van der Waals surface area contributed by atoms with Gasteiger partial charge in [0.25, 0.3) is 0 Å². The fraction of sp³-hybridized carbons (Fsp3) is 0.167. The Bertz CT molecular complexity index is 1150. The number of halogens is 4. The summed E-state index contributed by atoms with van der Waals surface area (Å²) < 4.78 is 27.5. The van der Waals surface area contributed by atoms with Crippen molar-refractivity contribution in [2.75, 3.05) is 11.5 Å². The third-order valence-electron chi connectivity index (χ3n) is 3.63. The number of anilines is 2. The van der Waals surface area contributed by atoms with Gasteiger partial charge in [0, 0.05) is 21.3 Å². The molecule has 0 unspecified atom stereocenters. The van der Waals surface area contributed by atoms with Gasteiger partial charge < -0.3 is 11.5 Å². The van der Waals surface area contributed by atoms with E-state index in [1.807, 2.05) is 13.8 Å². The highest BCUT2D eigenvalue weighted by Crippen LogP contribution is 2.33. The first-order valence-corrected chi connectivity index (χ1v) is 10.6. The van der Waals surface area contributed by atoms with E-state index >= 15 is 0 Å². The van der Waals surface area contributed by atoms with Crippen LogP contribution in [0.5, 0.6) is 0 Å². The summed E-state index contributed by atoms with van der Waals surface area (Å²) in [5.74, 6) is -1.24. The normalized spacial score (nSPS) is 9.19. The van der Waals surface area contributed by atoms with Gasteiger partial charge in [0.05, 0.1) is 21.3 Å². The molecule has 4 nitrogen and oxygen atoms in total. The van der Waals surface area contributed by atoms with Crippen molar-refractivity contribution in [3.63, 3.8) is 0 Å². The topological polar surface area (TPSA) is 99.6 Å². The minimum absolute atomic E-state index is 0.0369. The molecule has 2 rings (SSSR count). The first-order chi connectivity index (χ1) is 14.7. The first kappa shape index (κ1) is 29.1. The predicted octanol–water partition coefficient (Wildman–Crippen LogP) is 7.73. The van der Waals surface area contributed by atoms with E-state index in [-0.39, 0.29) is 32.5 Å². The van der Waals surface area contributed by atoms with Crippen LogP contribution in [0.15, 0.2) is 46.4 Å². The second kappa shape index (κ2) is 12.8. The summed E-state index contributed by atoms with van der Waals surface area (Å²) in [7, 11) is 0. The molecule has 0 fully saturated rings. The van der Waals surface area contributed by atoms with Crippen LogP contribution in [0, 0.1) is 34.3 Å². The molecule has 2 aromatic carbocycles. The van der Waals surface area contributed by atoms with E-state index in [1.165, 1.54) is 17.7 Å². The van der Waals surface area contributed by atoms with Gasteiger partial charge in [0.15, 0.2) is 11.6 Å². The zero-order valence-corrected chi connectivity index (χ0v) is 21.5. The summed E-state index contributed by atoms with van der Waals surface area (Å²) in [5.41, 5.74) is 14.9. The Kier molecular flexibility index (Phi) is 11.6. The molecule has 2 aromatic rings. The van der Waals surface area contributed by atoms with Crippen LogP contribution in [-0.4, -0.2) is 0 Å². The van der Waals surface area contributed by atoms with E-state index in [1.54, 1.807) is 26.0 Å². The summed E-state index contributed by atoms with van der Waals surface area (Å²) in [6, 6.07) is 6.27. The molecular weight excluding hydrogens is 542 g/mol. The van der Waals surface area contributed by atoms with Crippen LogP contribution in [-0.2, 0) is 0 Å². The van der Waals surface area contributed by atoms with Gasteiger partial charge in [-0.3, -0.25) is 0 Å². The Hall–Kier alpha value is -2.94. The van der Waals surface area contributed by atoms with Crippen LogP contribution in [0.3, 0.4) is 0 Å². The quantitative estimate of drug-likeness (QED) is 0.221. The first-order valence-electron chi connectivity index (χ1n) is 9.00. The molecule has 0 aromatic heterocycles. The molecule has 168 valence electrons. The molecular formula is C24H24Br2F2N4. The lowest BCUT2D eigenvalue weighted by atomic mass is 9.95. The third-order valence-corrected chi connectivity index (χ3v) is 5.06. The number of nitrogens with two attached hydrogens (primary N) is 2. The highest BCUT2D eigenvalue weighted by Gasteiger charge is 2.17. The van der Waals surface area contributed by atoms with Crippen LogP contribution in [0.2, 0.25) is 0 Å². The monoisotopic (exact) mass is 564 g/mol. The minimum Gasteiger partial charge on any atom is -0.398 e. The standard InChI is InChI=1S/C13H13FN2.C7H3Br2FN2.C4H8/c1-7(2)10-5-9(6-15)12(14)11(8(3)4)13(10)16;8-4-1-3(2-11)6(10)5(9)7(4)12;1-4(2)3/h5H,1,3,16H2,2,4H3;1H,12H2;1H2,2-3H3. The highest BCUT2D eigenvalue weighted by molar-refractivity contribution is 9.11. The lowest BCUT2D eigenvalue weighted by Crippen LogP contribution is -2.03. The molecule has 0 saturated heterocycles. The average Bonchev–Trinajstić information content (AvgIpc) is 2.69. The number of nitrogen functional groups attached to an aromatic ring is 2. The van der Waals surface area contributed by atoms with Crippen molar-refractivity contribution >= 4 is 54.4 Å². The lowest BCUT2D eigenvalue weighted by molar-refractivity contribution is 0.617. The van der Waals surface area contributed by atoms with Crippen LogP contribution >= 0.6 is 31.9 Å². The minimum atomic E-state index is -0.627. The molecule has 0 radical (unpaired) electrons. The number of hydrogen-bond acceptors (Lipinski definition) is 4. The van der Waals surface area contributed by atoms with Gasteiger partial charge in [0.2, 0.25) is 0 Å². The Morgan fingerprint density at radius 2 is 1.28 bits per heavy atom. The Labute approximate surface area is 204 Å². The van der Waals surface area contributed by atoms with Crippen molar-refractivity contribution in [1.29, 1.82) is 10.5 Å². The molecule has 0 bridgehead atoms. The van der Waals surface area contributed by atoms with Crippen molar-refractivity contribution in [3.8, 4) is 12.1 Å². The average molecular weight is 566 g/mol. The second-order valence-electron chi connectivity index (χ2n) is 7.01. The zero-order chi connectivity index (χ0) is 25.3. The molecule has 32 heavy (non-hydrogen) atoms. The number of allylic oxidation sites excluding steroid dienone is 3. The number of benzene rings is 2. The van der Waals surface area contributed by atoms with Crippen molar-refractivity contribution in [3.05, 3.63) is 80.3 Å². The summed E-state index contributed by atoms with van der Waals surface area (Å²) in [4.78, 5) is 0. The Balaban J connectivity index is 0.000000529. The molecule has 0 amide bonds. The maximum atomic E-state index is 13.8. The van der Waals surface area contributed by atoms with Crippen molar-refractivity contribution in [2.45, 2.75) is 27.7 Å². The number of nitriles is 2. The fourth-order valence-electron chi connectivity index (χ4n) is 2.22. The van der Waals surface area contributed by atoms with E-state index in [0.29, 0.717) is 21.2 Å². The van der Waals surface area contributed by atoms with Gasteiger partial charge >= 0.3 is 0 Å². The summed E-state index contributed by atoms with van der Waals surface area (Å²) in [6.45, 7) is 18.3. The molecule has 0 aliphatic carbocycles. The number of nitrogens with zero attached hydrogens (tertiary/aromatic N) is 2. The SMILES string of the molecule is C=C(C)C.C=C(C)c1cc(C#N)c(F)c(C(=C)C)c1N.N#Cc1cc(Br)c(N)c(Br)c1F. The molecule has 0 heterocycles. The molecule has 0 spiro atoms. The van der Waals surface area contributed by atoms with Crippen LogP contribution in [0.25, 0.3) is 11.1 Å². The number of hydrogen-bond donors (Lipinski definition) is 2.